The molecule has 5 N–H and O–H groups in total. The van der Waals surface area contributed by atoms with Gasteiger partial charge in [-0.05, 0) is 82.0 Å². The van der Waals surface area contributed by atoms with Gasteiger partial charge in [-0.25, -0.2) is 8.78 Å². The van der Waals surface area contributed by atoms with Crippen LogP contribution in [0, 0.1) is 0 Å². The summed E-state index contributed by atoms with van der Waals surface area (Å²) in [6.07, 6.45) is 1.40. The minimum atomic E-state index is -2.41. The largest absolute Gasteiger partial charge is 0.492 e. The van der Waals surface area contributed by atoms with Gasteiger partial charge in [-0.1, -0.05) is 32.0 Å². The average Bonchev–Trinajstić information content (AvgIpc) is 3.45. The molecule has 266 valence electrons. The van der Waals surface area contributed by atoms with E-state index in [4.69, 9.17) is 9.47 Å². The van der Waals surface area contributed by atoms with Gasteiger partial charge in [0.2, 0.25) is 24.1 Å². The highest BCUT2D eigenvalue weighted by Gasteiger charge is 2.43. The van der Waals surface area contributed by atoms with Crippen molar-refractivity contribution in [3.8, 4) is 11.5 Å². The summed E-state index contributed by atoms with van der Waals surface area (Å²) in [5.74, 6) is 0.259. The first-order valence-corrected chi connectivity index (χ1v) is 17.4. The quantitative estimate of drug-likeness (QED) is 0.288. The first-order chi connectivity index (χ1) is 23.7. The van der Waals surface area contributed by atoms with Crippen LogP contribution >= 0.6 is 0 Å². The molecule has 4 fully saturated rings. The third-order valence-corrected chi connectivity index (χ3v) is 10.0. The molecule has 4 saturated heterocycles. The lowest BCUT2D eigenvalue weighted by Crippen LogP contribution is -2.47. The van der Waals surface area contributed by atoms with Crippen molar-refractivity contribution in [3.05, 3.63) is 53.6 Å². The molecular weight excluding hydrogens is 636 g/mol. The number of piperidine rings is 4. The molecule has 2 atom stereocenters. The summed E-state index contributed by atoms with van der Waals surface area (Å²) >= 11 is 0. The number of alkyl halides is 2. The van der Waals surface area contributed by atoms with Gasteiger partial charge in [-0.3, -0.25) is 29.8 Å². The third-order valence-electron chi connectivity index (χ3n) is 10.0. The zero-order chi connectivity index (χ0) is 35.0. The minimum Gasteiger partial charge on any atom is -0.492 e. The number of carbonyl (C=O) groups excluding carboxylic acids is 4. The number of imide groups is 2. The Morgan fingerprint density at radius 2 is 1.43 bits per heavy atom. The molecule has 0 bridgehead atoms. The monoisotopic (exact) mass is 683 g/mol. The van der Waals surface area contributed by atoms with E-state index < -0.39 is 24.0 Å². The number of hydrogen-bond acceptors (Lipinski definition) is 9. The molecule has 1 spiro atoms. The Bertz CT molecular complexity index is 1490. The van der Waals surface area contributed by atoms with Crippen molar-refractivity contribution in [3.63, 3.8) is 0 Å². The molecule has 0 saturated carbocycles. The second-order valence-electron chi connectivity index (χ2n) is 13.0. The van der Waals surface area contributed by atoms with Crippen molar-refractivity contribution < 1.29 is 37.4 Å². The Balaban J connectivity index is 0.000000182. The summed E-state index contributed by atoms with van der Waals surface area (Å²) in [5.41, 5.74) is 1.58. The number of fused-ring (bicyclic) bond motifs is 2. The Morgan fingerprint density at radius 1 is 0.816 bits per heavy atom. The lowest BCUT2D eigenvalue weighted by atomic mass is 9.73. The molecule has 4 amide bonds. The SMILES string of the molecule is CC.O=C1CCC(Nc2ccc(C3(C(F)F)CCNCC3)cc2)C(=O)N1.O=C1CCC(Oc2ccc3c(c2)OCC32CCNCC2)C(=O)N1. The van der Waals surface area contributed by atoms with Crippen LogP contribution in [0.2, 0.25) is 0 Å². The number of anilines is 1. The predicted molar refractivity (Wildman–Crippen MR) is 180 cm³/mol. The van der Waals surface area contributed by atoms with Gasteiger partial charge in [0.25, 0.3) is 5.91 Å². The summed E-state index contributed by atoms with van der Waals surface area (Å²) in [4.78, 5) is 45.9. The standard InChI is InChI=1S/C17H21F2N3O2.C17H20N2O4.C2H6/c18-16(19)17(7-9-20-10-8-17)11-1-3-12(4-2-11)21-13-5-6-14(23)22-15(13)24;20-15-4-3-13(16(21)19-15)23-11-1-2-12-14(9-11)22-10-17(12)5-7-18-8-6-17;1-2/h1-4,13,16,20-21H,5-10H2,(H,22,23,24);1-2,9,13,18H,3-8,10H2,(H,19,20,21);1-2H3. The molecule has 0 radical (unpaired) electrons. The summed E-state index contributed by atoms with van der Waals surface area (Å²) in [5, 5.41) is 14.2. The molecule has 5 heterocycles. The Morgan fingerprint density at radius 3 is 2.04 bits per heavy atom. The second-order valence-corrected chi connectivity index (χ2v) is 13.0. The number of ether oxygens (including phenoxy) is 2. The van der Waals surface area contributed by atoms with E-state index in [1.807, 2.05) is 26.0 Å². The van der Waals surface area contributed by atoms with E-state index in [0.717, 1.165) is 31.7 Å². The Labute approximate surface area is 285 Å². The molecule has 0 aromatic heterocycles. The maximum atomic E-state index is 13.7. The van der Waals surface area contributed by atoms with Gasteiger partial charge in [-0.15, -0.1) is 0 Å². The number of carbonyl (C=O) groups is 4. The molecule has 11 nitrogen and oxygen atoms in total. The molecule has 2 aromatic rings. The number of amides is 4. The van der Waals surface area contributed by atoms with Crippen LogP contribution in [0.25, 0.3) is 0 Å². The van der Waals surface area contributed by atoms with E-state index in [1.54, 1.807) is 24.3 Å². The van der Waals surface area contributed by atoms with Crippen molar-refractivity contribution in [2.75, 3.05) is 38.1 Å². The molecule has 2 aromatic carbocycles. The van der Waals surface area contributed by atoms with Crippen LogP contribution < -0.4 is 36.1 Å². The molecule has 49 heavy (non-hydrogen) atoms. The lowest BCUT2D eigenvalue weighted by molar-refractivity contribution is -0.139. The highest BCUT2D eigenvalue weighted by molar-refractivity contribution is 6.01. The van der Waals surface area contributed by atoms with Crippen molar-refractivity contribution >= 4 is 29.3 Å². The van der Waals surface area contributed by atoms with Crippen LogP contribution in [0.1, 0.15) is 76.3 Å². The predicted octanol–water partition coefficient (Wildman–Crippen LogP) is 3.70. The molecule has 13 heteroatoms. The van der Waals surface area contributed by atoms with Crippen LogP contribution in [0.4, 0.5) is 14.5 Å². The molecule has 5 aliphatic heterocycles. The van der Waals surface area contributed by atoms with Gasteiger partial charge >= 0.3 is 0 Å². The Kier molecular flexibility index (Phi) is 11.9. The van der Waals surface area contributed by atoms with Gasteiger partial charge < -0.3 is 25.4 Å². The van der Waals surface area contributed by atoms with E-state index >= 15 is 0 Å². The fourth-order valence-electron chi connectivity index (χ4n) is 7.13. The lowest BCUT2D eigenvalue weighted by Gasteiger charge is -2.37. The first kappa shape index (κ1) is 36.2. The maximum Gasteiger partial charge on any atom is 0.267 e. The third kappa shape index (κ3) is 8.21. The smallest absolute Gasteiger partial charge is 0.267 e. The van der Waals surface area contributed by atoms with E-state index in [-0.39, 0.29) is 29.0 Å². The zero-order valence-corrected chi connectivity index (χ0v) is 28.2. The summed E-state index contributed by atoms with van der Waals surface area (Å²) < 4.78 is 39.1. The van der Waals surface area contributed by atoms with E-state index in [2.05, 4.69) is 32.7 Å². The van der Waals surface area contributed by atoms with Crippen LogP contribution in [-0.2, 0) is 30.0 Å². The van der Waals surface area contributed by atoms with E-state index in [0.29, 0.717) is 75.2 Å². The minimum absolute atomic E-state index is 0.119. The van der Waals surface area contributed by atoms with Crippen molar-refractivity contribution in [2.24, 2.45) is 0 Å². The highest BCUT2D eigenvalue weighted by atomic mass is 19.3. The van der Waals surface area contributed by atoms with Crippen LogP contribution in [0.3, 0.4) is 0 Å². The molecule has 5 aliphatic rings. The number of benzene rings is 2. The summed E-state index contributed by atoms with van der Waals surface area (Å²) in [6, 6.07) is 12.2. The van der Waals surface area contributed by atoms with Gasteiger partial charge in [0.15, 0.2) is 6.10 Å². The number of halogens is 2. The van der Waals surface area contributed by atoms with Gasteiger partial charge in [0, 0.05) is 42.0 Å². The van der Waals surface area contributed by atoms with Crippen molar-refractivity contribution in [2.45, 2.75) is 94.6 Å². The van der Waals surface area contributed by atoms with Gasteiger partial charge in [0.1, 0.15) is 17.5 Å². The average molecular weight is 684 g/mol. The summed E-state index contributed by atoms with van der Waals surface area (Å²) in [6.45, 7) is 7.90. The van der Waals surface area contributed by atoms with Crippen LogP contribution in [0.5, 0.6) is 11.5 Å². The van der Waals surface area contributed by atoms with Crippen LogP contribution in [-0.4, -0.2) is 75.0 Å². The first-order valence-electron chi connectivity index (χ1n) is 17.4. The maximum absolute atomic E-state index is 13.7. The number of rotatable bonds is 6. The Hall–Kier alpha value is -4.10. The molecule has 7 rings (SSSR count). The van der Waals surface area contributed by atoms with E-state index in [9.17, 15) is 28.0 Å². The molecule has 2 unspecified atom stereocenters. The zero-order valence-electron chi connectivity index (χ0n) is 28.2. The van der Waals surface area contributed by atoms with E-state index in [1.165, 1.54) is 5.56 Å². The second kappa shape index (κ2) is 16.1. The van der Waals surface area contributed by atoms with Crippen LogP contribution in [0.15, 0.2) is 42.5 Å². The fourth-order valence-corrected chi connectivity index (χ4v) is 7.13. The van der Waals surface area contributed by atoms with Gasteiger partial charge in [0.05, 0.1) is 12.0 Å². The summed E-state index contributed by atoms with van der Waals surface area (Å²) in [7, 11) is 0. The molecular formula is C36H47F2N5O6. The van der Waals surface area contributed by atoms with Crippen molar-refractivity contribution in [1.29, 1.82) is 0 Å². The fraction of sp³-hybridized carbons (Fsp3) is 0.556. The van der Waals surface area contributed by atoms with Crippen molar-refractivity contribution in [1.82, 2.24) is 21.3 Å². The normalized spacial score (nSPS) is 23.9. The molecule has 0 aliphatic carbocycles. The number of hydrogen-bond donors (Lipinski definition) is 5. The topological polar surface area (TPSA) is 147 Å². The highest BCUT2D eigenvalue weighted by Crippen LogP contribution is 2.46. The number of nitrogens with one attached hydrogen (secondary N) is 5. The van der Waals surface area contributed by atoms with Gasteiger partial charge in [-0.2, -0.15) is 0 Å².